The van der Waals surface area contributed by atoms with Crippen molar-refractivity contribution in [2.24, 2.45) is 4.70 Å². The van der Waals surface area contributed by atoms with Gasteiger partial charge in [-0.25, -0.2) is 0 Å². The van der Waals surface area contributed by atoms with Gasteiger partial charge in [0.25, 0.3) is 0 Å². The molecule has 0 fully saturated rings. The van der Waals surface area contributed by atoms with E-state index >= 15 is 0 Å². The summed E-state index contributed by atoms with van der Waals surface area (Å²) in [5, 5.41) is 0. The Hall–Kier alpha value is -0.630. The standard InChI is InChI=1S/C12H20.ClNO/c1-2-4-6-8-10-12-11-9-7-5-3-1;1-2-3/h1-4H,5-12H2;. The van der Waals surface area contributed by atoms with Gasteiger partial charge in [-0.3, -0.25) is 0 Å². The summed E-state index contributed by atoms with van der Waals surface area (Å²) in [5.74, 6) is 0. The van der Waals surface area contributed by atoms with Crippen molar-refractivity contribution < 1.29 is 0 Å². The van der Waals surface area contributed by atoms with Crippen LogP contribution < -0.4 is 0 Å². The van der Waals surface area contributed by atoms with E-state index in [1.54, 1.807) is 4.70 Å². The Labute approximate surface area is 97.5 Å². The molecule has 0 heterocycles. The van der Waals surface area contributed by atoms with Crippen LogP contribution in [0.3, 0.4) is 0 Å². The highest BCUT2D eigenvalue weighted by molar-refractivity contribution is 6.14. The van der Waals surface area contributed by atoms with Crippen molar-refractivity contribution >= 4 is 11.8 Å². The van der Waals surface area contributed by atoms with Crippen molar-refractivity contribution in [1.29, 1.82) is 0 Å². The van der Waals surface area contributed by atoms with Crippen molar-refractivity contribution in [2.75, 3.05) is 0 Å². The fourth-order valence-electron chi connectivity index (χ4n) is 1.58. The normalized spacial score (nSPS) is 17.9. The Balaban J connectivity index is 0.000000583. The number of hydrogen-bond donors (Lipinski definition) is 0. The summed E-state index contributed by atoms with van der Waals surface area (Å²) in [6.07, 6.45) is 20.0. The molecule has 0 spiro atoms. The monoisotopic (exact) mass is 229 g/mol. The van der Waals surface area contributed by atoms with Gasteiger partial charge in [0.2, 0.25) is 0 Å². The molecule has 0 unspecified atom stereocenters. The third kappa shape index (κ3) is 13.4. The van der Waals surface area contributed by atoms with E-state index in [1.807, 2.05) is 0 Å². The summed E-state index contributed by atoms with van der Waals surface area (Å²) in [4.78, 5) is 8.32. The molecule has 0 aromatic heterocycles. The molecule has 86 valence electrons. The fourth-order valence-corrected chi connectivity index (χ4v) is 1.58. The van der Waals surface area contributed by atoms with Gasteiger partial charge in [-0.05, 0) is 25.7 Å². The zero-order valence-electron chi connectivity index (χ0n) is 9.20. The summed E-state index contributed by atoms with van der Waals surface area (Å²) in [6.45, 7) is 0. The Kier molecular flexibility index (Phi) is 12.8. The lowest BCUT2D eigenvalue weighted by Gasteiger charge is -1.99. The second-order valence-electron chi connectivity index (χ2n) is 3.62. The zero-order chi connectivity index (χ0) is 11.2. The van der Waals surface area contributed by atoms with Gasteiger partial charge in [-0.2, -0.15) is 0 Å². The molecule has 0 atom stereocenters. The Morgan fingerprint density at radius 2 is 1.13 bits per heavy atom. The van der Waals surface area contributed by atoms with E-state index in [0.29, 0.717) is 0 Å². The molecule has 0 aromatic carbocycles. The Morgan fingerprint density at radius 3 is 1.53 bits per heavy atom. The highest BCUT2D eigenvalue weighted by Crippen LogP contribution is 2.10. The van der Waals surface area contributed by atoms with Crippen LogP contribution in [0.15, 0.2) is 29.0 Å². The van der Waals surface area contributed by atoms with Crippen LogP contribution in [0.1, 0.15) is 51.4 Å². The molecule has 3 heteroatoms. The fraction of sp³-hybridized carbons (Fsp3) is 0.667. The number of rotatable bonds is 0. The molecular weight excluding hydrogens is 210 g/mol. The highest BCUT2D eigenvalue weighted by atomic mass is 35.5. The first-order valence-electron chi connectivity index (χ1n) is 5.67. The highest BCUT2D eigenvalue weighted by Gasteiger charge is 1.90. The topological polar surface area (TPSA) is 29.4 Å². The predicted octanol–water partition coefficient (Wildman–Crippen LogP) is 5.14. The van der Waals surface area contributed by atoms with Crippen LogP contribution in [0, 0.1) is 4.91 Å². The van der Waals surface area contributed by atoms with Crippen molar-refractivity contribution in [3.8, 4) is 0 Å². The molecule has 1 aliphatic rings. The molecule has 2 nitrogen and oxygen atoms in total. The van der Waals surface area contributed by atoms with Crippen molar-refractivity contribution in [3.63, 3.8) is 0 Å². The average Bonchev–Trinajstić information content (AvgIpc) is 2.19. The number of nitrogens with zero attached hydrogens (tertiary/aromatic N) is 1. The van der Waals surface area contributed by atoms with Crippen LogP contribution in [0.25, 0.3) is 0 Å². The molecule has 0 bridgehead atoms. The minimum Gasteiger partial charge on any atom is -0.131 e. The Bertz CT molecular complexity index is 172. The lowest BCUT2D eigenvalue weighted by molar-refractivity contribution is 0.599. The molecule has 1 rings (SSSR count). The van der Waals surface area contributed by atoms with Gasteiger partial charge in [0.05, 0.1) is 11.8 Å². The van der Waals surface area contributed by atoms with Gasteiger partial charge in [0.1, 0.15) is 0 Å². The largest absolute Gasteiger partial charge is 0.131 e. The van der Waals surface area contributed by atoms with E-state index < -0.39 is 0 Å². The molecule has 0 aromatic rings. The van der Waals surface area contributed by atoms with Gasteiger partial charge >= 0.3 is 0 Å². The lowest BCUT2D eigenvalue weighted by atomic mass is 10.1. The van der Waals surface area contributed by atoms with Crippen LogP contribution in [0.5, 0.6) is 0 Å². The van der Waals surface area contributed by atoms with E-state index in [0.717, 1.165) is 0 Å². The summed E-state index contributed by atoms with van der Waals surface area (Å²) in [7, 11) is 0. The molecule has 0 aliphatic heterocycles. The summed E-state index contributed by atoms with van der Waals surface area (Å²) >= 11 is 4.07. The summed E-state index contributed by atoms with van der Waals surface area (Å²) < 4.78 is 1.72. The van der Waals surface area contributed by atoms with Crippen LogP contribution >= 0.6 is 11.8 Å². The third-order valence-corrected chi connectivity index (χ3v) is 2.37. The van der Waals surface area contributed by atoms with Crippen molar-refractivity contribution in [2.45, 2.75) is 51.4 Å². The molecule has 0 amide bonds. The number of allylic oxidation sites excluding steroid dienone is 4. The van der Waals surface area contributed by atoms with Crippen LogP contribution in [0.4, 0.5) is 0 Å². The van der Waals surface area contributed by atoms with Crippen LogP contribution in [-0.4, -0.2) is 0 Å². The number of hydrogen-bond acceptors (Lipinski definition) is 2. The molecule has 0 N–H and O–H groups in total. The average molecular weight is 230 g/mol. The smallest absolute Gasteiger partial charge is 0.0835 e. The van der Waals surface area contributed by atoms with Crippen LogP contribution in [-0.2, 0) is 0 Å². The first kappa shape index (κ1) is 14.4. The van der Waals surface area contributed by atoms with Crippen molar-refractivity contribution in [3.05, 3.63) is 29.2 Å². The zero-order valence-corrected chi connectivity index (χ0v) is 9.96. The van der Waals surface area contributed by atoms with Crippen molar-refractivity contribution in [1.82, 2.24) is 0 Å². The second-order valence-corrected chi connectivity index (χ2v) is 3.76. The maximum Gasteiger partial charge on any atom is 0.0835 e. The van der Waals surface area contributed by atoms with E-state index in [1.165, 1.54) is 51.4 Å². The minimum absolute atomic E-state index is 1.27. The molecular formula is C12H20ClNO. The van der Waals surface area contributed by atoms with Gasteiger partial charge < -0.3 is 0 Å². The molecule has 0 radical (unpaired) electrons. The predicted molar refractivity (Wildman–Crippen MR) is 66.9 cm³/mol. The quantitative estimate of drug-likeness (QED) is 0.529. The van der Waals surface area contributed by atoms with E-state index in [2.05, 4.69) is 36.1 Å². The first-order valence-corrected chi connectivity index (χ1v) is 6.01. The SMILES string of the molecule is C1=CCCCCCCCCC=C1.O=NCl. The maximum atomic E-state index is 8.32. The molecule has 0 saturated carbocycles. The Morgan fingerprint density at radius 1 is 0.800 bits per heavy atom. The minimum atomic E-state index is 1.27. The summed E-state index contributed by atoms with van der Waals surface area (Å²) in [5.41, 5.74) is 0. The lowest BCUT2D eigenvalue weighted by Crippen LogP contribution is -1.80. The van der Waals surface area contributed by atoms with E-state index in [-0.39, 0.29) is 0 Å². The summed E-state index contributed by atoms with van der Waals surface area (Å²) in [6, 6.07) is 0. The van der Waals surface area contributed by atoms with E-state index in [9.17, 15) is 0 Å². The van der Waals surface area contributed by atoms with Crippen LogP contribution in [0.2, 0.25) is 0 Å². The molecule has 15 heavy (non-hydrogen) atoms. The number of nitroso groups, excluding NO2 is 1. The van der Waals surface area contributed by atoms with Gasteiger partial charge in [0, 0.05) is 4.70 Å². The van der Waals surface area contributed by atoms with Gasteiger partial charge in [-0.1, -0.05) is 50.0 Å². The third-order valence-electron chi connectivity index (χ3n) is 2.37. The first-order chi connectivity index (χ1) is 7.41. The second kappa shape index (κ2) is 13.4. The van der Waals surface area contributed by atoms with Gasteiger partial charge in [0.15, 0.2) is 0 Å². The van der Waals surface area contributed by atoms with Gasteiger partial charge in [-0.15, -0.1) is 4.91 Å². The molecule has 0 saturated heterocycles. The molecule has 1 aliphatic carbocycles. The number of halogens is 1. The maximum absolute atomic E-state index is 8.32. The van der Waals surface area contributed by atoms with E-state index in [4.69, 9.17) is 4.91 Å².